The van der Waals surface area contributed by atoms with E-state index in [2.05, 4.69) is 28.8 Å². The third-order valence-electron chi connectivity index (χ3n) is 6.07. The molecule has 3 nitrogen and oxygen atoms in total. The van der Waals surface area contributed by atoms with Crippen LogP contribution in [0.15, 0.2) is 115 Å². The van der Waals surface area contributed by atoms with E-state index < -0.39 is 0 Å². The molecule has 5 rings (SSSR count). The molecule has 0 saturated carbocycles. The first-order valence-corrected chi connectivity index (χ1v) is 11.7. The second kappa shape index (κ2) is 9.98. The molecule has 0 spiro atoms. The van der Waals surface area contributed by atoms with Gasteiger partial charge in [-0.3, -0.25) is 4.79 Å². The fraction of sp³-hybridized carbons (Fsp3) is 0.100. The Kier molecular flexibility index (Phi) is 6.46. The number of halogens is 1. The number of hydrogen-bond donors (Lipinski definition) is 0. The Labute approximate surface area is 204 Å². The van der Waals surface area contributed by atoms with Crippen LogP contribution in [0, 0.1) is 0 Å². The van der Waals surface area contributed by atoms with Crippen LogP contribution in [0.4, 0.5) is 0 Å². The highest BCUT2D eigenvalue weighted by Gasteiger charge is 2.19. The van der Waals surface area contributed by atoms with Crippen LogP contribution in [0.5, 0.6) is 0 Å². The van der Waals surface area contributed by atoms with E-state index in [-0.39, 0.29) is 5.91 Å². The lowest BCUT2D eigenvalue weighted by Crippen LogP contribution is -2.31. The molecule has 0 atom stereocenters. The van der Waals surface area contributed by atoms with Crippen molar-refractivity contribution in [2.75, 3.05) is 0 Å². The quantitative estimate of drug-likeness (QED) is 0.250. The highest BCUT2D eigenvalue weighted by atomic mass is 35.5. The summed E-state index contributed by atoms with van der Waals surface area (Å²) in [6.45, 7) is 1.69. The van der Waals surface area contributed by atoms with Crippen molar-refractivity contribution in [3.05, 3.63) is 143 Å². The standard InChI is InChI=1S/C30H25ClN2O/c31-29-15-7-6-13-27(29)21-32-18-8-14-28(32)22-33(20-23-9-2-1-3-10-23)30(34)26-17-16-24-11-4-5-12-25(24)19-26/h1-19H,20-22H2. The number of aromatic nitrogens is 1. The molecular weight excluding hydrogens is 440 g/mol. The monoisotopic (exact) mass is 464 g/mol. The Morgan fingerprint density at radius 2 is 1.47 bits per heavy atom. The molecule has 168 valence electrons. The summed E-state index contributed by atoms with van der Waals surface area (Å²) in [4.78, 5) is 15.7. The minimum Gasteiger partial charge on any atom is -0.345 e. The summed E-state index contributed by atoms with van der Waals surface area (Å²) >= 11 is 6.41. The fourth-order valence-electron chi connectivity index (χ4n) is 4.26. The number of benzene rings is 4. The highest BCUT2D eigenvalue weighted by Crippen LogP contribution is 2.21. The van der Waals surface area contributed by atoms with Crippen LogP contribution >= 0.6 is 11.6 Å². The van der Waals surface area contributed by atoms with E-state index in [4.69, 9.17) is 11.6 Å². The van der Waals surface area contributed by atoms with Gasteiger partial charge in [0.1, 0.15) is 0 Å². The van der Waals surface area contributed by atoms with E-state index in [9.17, 15) is 4.79 Å². The molecule has 0 aliphatic carbocycles. The highest BCUT2D eigenvalue weighted by molar-refractivity contribution is 6.31. The zero-order chi connectivity index (χ0) is 23.3. The average Bonchev–Trinajstić information content (AvgIpc) is 3.31. The summed E-state index contributed by atoms with van der Waals surface area (Å²) in [5.41, 5.74) is 3.90. The van der Waals surface area contributed by atoms with E-state index in [0.717, 1.165) is 32.6 Å². The zero-order valence-electron chi connectivity index (χ0n) is 18.8. The average molecular weight is 465 g/mol. The van der Waals surface area contributed by atoms with Gasteiger partial charge in [0, 0.05) is 35.6 Å². The number of rotatable bonds is 7. The number of nitrogens with zero attached hydrogens (tertiary/aromatic N) is 2. The lowest BCUT2D eigenvalue weighted by atomic mass is 10.1. The second-order valence-electron chi connectivity index (χ2n) is 8.43. The van der Waals surface area contributed by atoms with Gasteiger partial charge in [-0.2, -0.15) is 0 Å². The molecule has 0 bridgehead atoms. The molecule has 4 heteroatoms. The predicted octanol–water partition coefficient (Wildman–Crippen LogP) is 7.19. The van der Waals surface area contributed by atoms with Gasteiger partial charge in [0.2, 0.25) is 0 Å². The summed E-state index contributed by atoms with van der Waals surface area (Å²) in [6.07, 6.45) is 2.04. The first-order valence-electron chi connectivity index (χ1n) is 11.4. The van der Waals surface area contributed by atoms with Gasteiger partial charge in [0.15, 0.2) is 0 Å². The molecule has 1 amide bonds. The van der Waals surface area contributed by atoms with Crippen molar-refractivity contribution < 1.29 is 4.79 Å². The summed E-state index contributed by atoms with van der Waals surface area (Å²) in [6, 6.07) is 36.1. The van der Waals surface area contributed by atoms with Gasteiger partial charge in [-0.1, -0.05) is 90.5 Å². The van der Waals surface area contributed by atoms with Gasteiger partial charge in [-0.15, -0.1) is 0 Å². The molecule has 34 heavy (non-hydrogen) atoms. The third kappa shape index (κ3) is 4.90. The molecule has 0 N–H and O–H groups in total. The van der Waals surface area contributed by atoms with E-state index in [0.29, 0.717) is 25.2 Å². The van der Waals surface area contributed by atoms with Crippen molar-refractivity contribution in [3.8, 4) is 0 Å². The molecule has 5 aromatic rings. The van der Waals surface area contributed by atoms with Crippen molar-refractivity contribution in [2.45, 2.75) is 19.6 Å². The van der Waals surface area contributed by atoms with Crippen LogP contribution < -0.4 is 0 Å². The summed E-state index contributed by atoms with van der Waals surface area (Å²) in [5, 5.41) is 2.94. The van der Waals surface area contributed by atoms with E-state index in [1.807, 2.05) is 96.0 Å². The molecule has 0 radical (unpaired) electrons. The molecule has 1 aromatic heterocycles. The summed E-state index contributed by atoms with van der Waals surface area (Å²) < 4.78 is 2.16. The van der Waals surface area contributed by atoms with Crippen molar-refractivity contribution in [1.82, 2.24) is 9.47 Å². The number of hydrogen-bond acceptors (Lipinski definition) is 1. The minimum atomic E-state index is 0.0140. The van der Waals surface area contributed by atoms with Crippen LogP contribution in [0.2, 0.25) is 5.02 Å². The molecule has 0 fully saturated rings. The Hall–Kier alpha value is -3.82. The Morgan fingerprint density at radius 3 is 2.29 bits per heavy atom. The lowest BCUT2D eigenvalue weighted by Gasteiger charge is -2.24. The zero-order valence-corrected chi connectivity index (χ0v) is 19.5. The Morgan fingerprint density at radius 1 is 0.735 bits per heavy atom. The van der Waals surface area contributed by atoms with Crippen molar-refractivity contribution in [1.29, 1.82) is 0 Å². The maximum atomic E-state index is 13.7. The van der Waals surface area contributed by atoms with Crippen molar-refractivity contribution >= 4 is 28.3 Å². The van der Waals surface area contributed by atoms with Gasteiger partial charge < -0.3 is 9.47 Å². The van der Waals surface area contributed by atoms with Gasteiger partial charge in [-0.05, 0) is 52.2 Å². The smallest absolute Gasteiger partial charge is 0.254 e. The molecular formula is C30H25ClN2O. The minimum absolute atomic E-state index is 0.0140. The van der Waals surface area contributed by atoms with Crippen molar-refractivity contribution in [3.63, 3.8) is 0 Å². The van der Waals surface area contributed by atoms with Crippen LogP contribution in [0.1, 0.15) is 27.2 Å². The topological polar surface area (TPSA) is 25.2 Å². The second-order valence-corrected chi connectivity index (χ2v) is 8.83. The maximum Gasteiger partial charge on any atom is 0.254 e. The predicted molar refractivity (Wildman–Crippen MR) is 139 cm³/mol. The van der Waals surface area contributed by atoms with E-state index >= 15 is 0 Å². The largest absolute Gasteiger partial charge is 0.345 e. The van der Waals surface area contributed by atoms with Crippen LogP contribution in [0.3, 0.4) is 0 Å². The van der Waals surface area contributed by atoms with Gasteiger partial charge in [-0.25, -0.2) is 0 Å². The Bertz CT molecular complexity index is 1420. The number of amides is 1. The summed E-state index contributed by atoms with van der Waals surface area (Å²) in [7, 11) is 0. The maximum absolute atomic E-state index is 13.7. The fourth-order valence-corrected chi connectivity index (χ4v) is 4.46. The van der Waals surface area contributed by atoms with Gasteiger partial charge in [0.25, 0.3) is 5.91 Å². The van der Waals surface area contributed by atoms with E-state index in [1.54, 1.807) is 0 Å². The first kappa shape index (κ1) is 22.0. The number of carbonyl (C=O) groups is 1. The van der Waals surface area contributed by atoms with Gasteiger partial charge >= 0.3 is 0 Å². The number of fused-ring (bicyclic) bond motifs is 1. The van der Waals surface area contributed by atoms with Crippen LogP contribution in [-0.4, -0.2) is 15.4 Å². The van der Waals surface area contributed by atoms with Crippen molar-refractivity contribution in [2.24, 2.45) is 0 Å². The van der Waals surface area contributed by atoms with E-state index in [1.165, 1.54) is 0 Å². The third-order valence-corrected chi connectivity index (χ3v) is 6.44. The molecule has 0 unspecified atom stereocenters. The molecule has 4 aromatic carbocycles. The molecule has 1 heterocycles. The van der Waals surface area contributed by atoms with Gasteiger partial charge in [0.05, 0.1) is 6.54 Å². The normalized spacial score (nSPS) is 11.0. The lowest BCUT2D eigenvalue weighted by molar-refractivity contribution is 0.0726. The van der Waals surface area contributed by atoms with Crippen LogP contribution in [-0.2, 0) is 19.6 Å². The first-order chi connectivity index (χ1) is 16.7. The van der Waals surface area contributed by atoms with Crippen LogP contribution in [0.25, 0.3) is 10.8 Å². The molecule has 0 aliphatic heterocycles. The molecule has 0 saturated heterocycles. The molecule has 0 aliphatic rings. The summed E-state index contributed by atoms with van der Waals surface area (Å²) in [5.74, 6) is 0.0140. The number of carbonyl (C=O) groups excluding carboxylic acids is 1. The SMILES string of the molecule is O=C(c1ccc2ccccc2c1)N(Cc1ccccc1)Cc1cccn1Cc1ccccc1Cl. The Balaban J connectivity index is 1.45.